The van der Waals surface area contributed by atoms with Crippen LogP contribution < -0.4 is 0 Å². The molecule has 0 aromatic carbocycles. The highest BCUT2D eigenvalue weighted by Crippen LogP contribution is 2.49. The number of hydrogen-bond acceptors (Lipinski definition) is 14. The van der Waals surface area contributed by atoms with E-state index in [-0.39, 0.29) is 66.3 Å². The molecule has 4 rings (SSSR count). The Balaban J connectivity index is 1.62. The van der Waals surface area contributed by atoms with Gasteiger partial charge in [0, 0.05) is 36.7 Å². The maximum atomic E-state index is 14.6. The van der Waals surface area contributed by atoms with Crippen molar-refractivity contribution in [3.63, 3.8) is 0 Å². The summed E-state index contributed by atoms with van der Waals surface area (Å²) in [7, 11) is -3.58. The number of aliphatic hydroxyl groups is 1. The van der Waals surface area contributed by atoms with E-state index in [1.807, 2.05) is 0 Å². The summed E-state index contributed by atoms with van der Waals surface area (Å²) in [5, 5.41) is 12.4. The number of rotatable bonds is 21. The van der Waals surface area contributed by atoms with Gasteiger partial charge in [-0.05, 0) is 111 Å². The number of ether oxygens (including phenoxy) is 7. The maximum absolute atomic E-state index is 14.6. The zero-order valence-corrected chi connectivity index (χ0v) is 48.9. The van der Waals surface area contributed by atoms with Gasteiger partial charge in [0.2, 0.25) is 5.79 Å². The van der Waals surface area contributed by atoms with Crippen LogP contribution in [-0.4, -0.2) is 121 Å². The Morgan fingerprint density at radius 2 is 1.49 bits per heavy atom. The van der Waals surface area contributed by atoms with Gasteiger partial charge < -0.3 is 47.1 Å². The minimum atomic E-state index is -2.41. The minimum absolute atomic E-state index is 0.00723. The van der Waals surface area contributed by atoms with E-state index in [9.17, 15) is 24.3 Å². The molecule has 3 aliphatic heterocycles. The fourth-order valence-electron chi connectivity index (χ4n) is 10.2. The molecule has 0 radical (unpaired) electrons. The summed E-state index contributed by atoms with van der Waals surface area (Å²) in [6, 6.07) is 0. The van der Waals surface area contributed by atoms with E-state index in [1.54, 1.807) is 20.8 Å². The van der Waals surface area contributed by atoms with Crippen LogP contribution in [0.1, 0.15) is 167 Å². The molecule has 408 valence electrons. The van der Waals surface area contributed by atoms with E-state index >= 15 is 0 Å². The predicted molar refractivity (Wildman–Crippen MR) is 279 cm³/mol. The molecule has 1 spiro atoms. The molecule has 11 atom stereocenters. The average molecular weight is 1040 g/mol. The number of carbonyl (C=O) groups excluding carboxylic acids is 4. The smallest absolute Gasteiger partial charge is 0.330 e. The highest BCUT2D eigenvalue weighted by atomic mass is 28.4. The largest absolute Gasteiger partial charge is 0.466 e. The molecular weight excluding hydrogens is 941 g/mol. The first-order chi connectivity index (χ1) is 32.8. The Morgan fingerprint density at radius 1 is 0.845 bits per heavy atom. The highest BCUT2D eigenvalue weighted by molar-refractivity contribution is 6.74. The van der Waals surface area contributed by atoms with Gasteiger partial charge in [0.15, 0.2) is 28.5 Å². The Labute approximate surface area is 430 Å². The fraction of sp³-hybridized carbons (Fsp3) is 0.855. The lowest BCUT2D eigenvalue weighted by Crippen LogP contribution is -2.62. The number of methoxy groups -OCH3 is 1. The maximum Gasteiger partial charge on any atom is 0.330 e. The van der Waals surface area contributed by atoms with Crippen molar-refractivity contribution in [1.29, 1.82) is 0 Å². The quantitative estimate of drug-likeness (QED) is 0.0378. The van der Waals surface area contributed by atoms with Gasteiger partial charge in [-0.1, -0.05) is 95.6 Å². The van der Waals surface area contributed by atoms with E-state index in [4.69, 9.17) is 42.0 Å². The van der Waals surface area contributed by atoms with Crippen LogP contribution in [0, 0.1) is 23.2 Å². The topological polar surface area (TPSA) is 172 Å². The number of esters is 3. The molecule has 1 saturated carbocycles. The van der Waals surface area contributed by atoms with Gasteiger partial charge in [0.25, 0.3) is 0 Å². The molecule has 71 heavy (non-hydrogen) atoms. The number of aldehydes is 1. The van der Waals surface area contributed by atoms with Gasteiger partial charge in [-0.25, -0.2) is 4.79 Å². The molecule has 3 saturated heterocycles. The Morgan fingerprint density at radius 3 is 2.10 bits per heavy atom. The fourth-order valence-corrected chi connectivity index (χ4v) is 12.6. The molecule has 4 aliphatic rings. The van der Waals surface area contributed by atoms with E-state index < -0.39 is 75.9 Å². The lowest BCUT2D eigenvalue weighted by Gasteiger charge is -2.51. The molecule has 1 unspecified atom stereocenters. The summed E-state index contributed by atoms with van der Waals surface area (Å²) in [6.45, 7) is 34.1. The van der Waals surface area contributed by atoms with Crippen LogP contribution in [0.4, 0.5) is 0 Å². The Kier molecular flexibility index (Phi) is 21.6. The molecule has 4 fully saturated rings. The molecule has 1 N–H and O–H groups in total. The average Bonchev–Trinajstić information content (AvgIpc) is 3.24. The van der Waals surface area contributed by atoms with Gasteiger partial charge in [0.05, 0.1) is 57.3 Å². The normalized spacial score (nSPS) is 30.9. The first-order valence-electron chi connectivity index (χ1n) is 26.8. The number of hydrogen-bond donors (Lipinski definition) is 1. The van der Waals surface area contributed by atoms with Crippen LogP contribution in [0.15, 0.2) is 23.8 Å². The zero-order chi connectivity index (χ0) is 53.4. The molecule has 0 bridgehead atoms. The predicted octanol–water partition coefficient (Wildman–Crippen LogP) is 11.1. The zero-order valence-electron chi connectivity index (χ0n) is 46.9. The third-order valence-electron chi connectivity index (χ3n) is 16.6. The Bertz CT molecular complexity index is 1830. The molecule has 1 aliphatic carbocycles. The molecular formula is C55H96O14Si2. The summed E-state index contributed by atoms with van der Waals surface area (Å²) in [5.41, 5.74) is -1.09. The van der Waals surface area contributed by atoms with Crippen molar-refractivity contribution >= 4 is 40.8 Å². The first kappa shape index (κ1) is 61.3. The van der Waals surface area contributed by atoms with Crippen molar-refractivity contribution in [3.8, 4) is 0 Å². The summed E-state index contributed by atoms with van der Waals surface area (Å²) < 4.78 is 58.2. The van der Waals surface area contributed by atoms with Crippen molar-refractivity contribution in [3.05, 3.63) is 23.8 Å². The Hall–Kier alpha value is -2.29. The summed E-state index contributed by atoms with van der Waals surface area (Å²) >= 11 is 0. The van der Waals surface area contributed by atoms with Crippen LogP contribution in [0.2, 0.25) is 36.3 Å². The van der Waals surface area contributed by atoms with E-state index in [0.29, 0.717) is 37.1 Å². The van der Waals surface area contributed by atoms with E-state index in [1.165, 1.54) is 31.8 Å². The highest BCUT2D eigenvalue weighted by Gasteiger charge is 2.58. The van der Waals surface area contributed by atoms with Crippen molar-refractivity contribution < 1.29 is 66.3 Å². The third kappa shape index (κ3) is 16.4. The summed E-state index contributed by atoms with van der Waals surface area (Å²) in [6.07, 6.45) is 9.00. The second kappa shape index (κ2) is 25.0. The number of carbonyl (C=O) groups is 4. The molecule has 14 nitrogen and oxygen atoms in total. The third-order valence-corrected chi connectivity index (χ3v) is 25.6. The lowest BCUT2D eigenvalue weighted by atomic mass is 9.72. The number of allylic oxidation sites excluding steroid dienone is 1. The first-order valence-corrected chi connectivity index (χ1v) is 32.6. The van der Waals surface area contributed by atoms with Gasteiger partial charge in [0.1, 0.15) is 12.4 Å². The second-order valence-corrected chi connectivity index (χ2v) is 34.7. The SMILES string of the molecule is CCC(=O)O[C@H]1/C(=C/C(=O)OC)C[C@@H](C[C@H](CO[Si](C)(C)C(C)(C)C)OC(=O)C[C@@H](C[C@@H]2CCC[C@H](C[C@@H]3CCOC4(C[C@H](C)CC[C@H]4C(C)C)O3)O2)O[Si](C)(C)C(C)(C)C)O[C@@]1(O)C(C)(C)/C=C/C=O. The van der Waals surface area contributed by atoms with Crippen LogP contribution in [0.25, 0.3) is 0 Å². The van der Waals surface area contributed by atoms with Crippen LogP contribution in [0.5, 0.6) is 0 Å². The van der Waals surface area contributed by atoms with Crippen LogP contribution >= 0.6 is 0 Å². The molecule has 0 aromatic rings. The van der Waals surface area contributed by atoms with Gasteiger partial charge >= 0.3 is 17.9 Å². The summed E-state index contributed by atoms with van der Waals surface area (Å²) in [5.74, 6) is -3.26. The summed E-state index contributed by atoms with van der Waals surface area (Å²) in [4.78, 5) is 51.9. The van der Waals surface area contributed by atoms with Gasteiger partial charge in [-0.3, -0.25) is 14.4 Å². The minimum Gasteiger partial charge on any atom is -0.466 e. The van der Waals surface area contributed by atoms with Crippen molar-refractivity contribution in [2.75, 3.05) is 20.3 Å². The van der Waals surface area contributed by atoms with Crippen LogP contribution in [0.3, 0.4) is 0 Å². The van der Waals surface area contributed by atoms with Gasteiger partial charge in [-0.15, -0.1) is 0 Å². The van der Waals surface area contributed by atoms with Crippen molar-refractivity contribution in [1.82, 2.24) is 0 Å². The second-order valence-electron chi connectivity index (χ2n) is 25.2. The van der Waals surface area contributed by atoms with Crippen molar-refractivity contribution in [2.45, 2.75) is 257 Å². The monoisotopic (exact) mass is 1040 g/mol. The molecule has 3 heterocycles. The lowest BCUT2D eigenvalue weighted by molar-refractivity contribution is -0.342. The van der Waals surface area contributed by atoms with E-state index in [2.05, 4.69) is 88.5 Å². The van der Waals surface area contributed by atoms with Crippen molar-refractivity contribution in [2.24, 2.45) is 23.2 Å². The van der Waals surface area contributed by atoms with Gasteiger partial charge in [-0.2, -0.15) is 0 Å². The standard InChI is InChI=1S/C55H96O14Si2/c1-18-47(57)66-50-39(30-48(58)61-13)29-43(68-55(50,60)53(11,12)26-20-27-56)33-45(36-63-70(14,15)51(5,6)7)65-49(59)34-44(69-71(16,17)52(8,9)10)32-41-22-19-21-40(64-41)31-42-25-28-62-54(67-42)35-38(4)23-24-46(54)37(2)3/h20,26-27,30,37-38,40-46,50,60H,18-19,21-25,28-29,31-36H2,1-17H3/b26-20+,39-30+/t38-,40-,41+,42+,43+,44-,45-,46+,50+,54?,55-/m1/s1. The van der Waals surface area contributed by atoms with E-state index in [0.717, 1.165) is 44.9 Å². The van der Waals surface area contributed by atoms with Crippen LogP contribution in [-0.2, 0) is 61.2 Å². The molecule has 16 heteroatoms. The molecule has 0 aromatic heterocycles. The molecule has 0 amide bonds.